The van der Waals surface area contributed by atoms with Gasteiger partial charge < -0.3 is 15.5 Å². The van der Waals surface area contributed by atoms with Crippen molar-refractivity contribution >= 4 is 28.3 Å². The summed E-state index contributed by atoms with van der Waals surface area (Å²) < 4.78 is 14.1. The number of hydrogen-bond acceptors (Lipinski definition) is 3. The molecule has 31 heavy (non-hydrogen) atoms. The predicted molar refractivity (Wildman–Crippen MR) is 119 cm³/mol. The largest absolute Gasteiger partial charge is 0.367 e. The molecule has 0 spiro atoms. The van der Waals surface area contributed by atoms with Crippen LogP contribution < -0.4 is 15.5 Å². The summed E-state index contributed by atoms with van der Waals surface area (Å²) in [4.78, 5) is 15.0. The van der Waals surface area contributed by atoms with E-state index in [1.165, 1.54) is 17.7 Å². The van der Waals surface area contributed by atoms with E-state index in [0.29, 0.717) is 12.1 Å². The lowest BCUT2D eigenvalue weighted by molar-refractivity contribution is 0.247. The first-order valence-corrected chi connectivity index (χ1v) is 10.3. The molecule has 6 nitrogen and oxygen atoms in total. The monoisotopic (exact) mass is 415 g/mol. The zero-order valence-electron chi connectivity index (χ0n) is 16.8. The van der Waals surface area contributed by atoms with Crippen molar-refractivity contribution in [2.45, 2.75) is 19.0 Å². The molecule has 7 heteroatoms. The Bertz CT molecular complexity index is 1220. The van der Waals surface area contributed by atoms with Crippen molar-refractivity contribution in [2.75, 3.05) is 16.8 Å². The first-order valence-electron chi connectivity index (χ1n) is 10.3. The number of nitrogens with zero attached hydrogens (tertiary/aromatic N) is 2. The van der Waals surface area contributed by atoms with Crippen molar-refractivity contribution < 1.29 is 9.18 Å². The molecular formula is C24H22FN5O. The van der Waals surface area contributed by atoms with Gasteiger partial charge in [0.2, 0.25) is 0 Å². The number of halogens is 1. The molecule has 2 heterocycles. The standard InChI is InChI=1S/C24H22FN5O/c25-17-9-10-23-18(13-17)21(11-12-30(23)15-16-5-2-1-3-6-16)28-24(31)27-20-7-4-8-22-19(20)14-26-29-22/h1-10,13-14,21H,11-12,15H2,(H,26,29)(H2,27,28,31). The van der Waals surface area contributed by atoms with Crippen LogP contribution in [-0.2, 0) is 6.54 Å². The first-order chi connectivity index (χ1) is 15.2. The molecule has 0 bridgehead atoms. The van der Waals surface area contributed by atoms with Crippen molar-refractivity contribution in [2.24, 2.45) is 0 Å². The summed E-state index contributed by atoms with van der Waals surface area (Å²) in [5.41, 5.74) is 4.44. The highest BCUT2D eigenvalue weighted by Crippen LogP contribution is 2.35. The van der Waals surface area contributed by atoms with Gasteiger partial charge in [-0.2, -0.15) is 5.10 Å². The van der Waals surface area contributed by atoms with E-state index in [9.17, 15) is 9.18 Å². The zero-order valence-corrected chi connectivity index (χ0v) is 16.8. The molecule has 3 N–H and O–H groups in total. The van der Waals surface area contributed by atoms with Gasteiger partial charge in [0.05, 0.1) is 23.4 Å². The summed E-state index contributed by atoms with van der Waals surface area (Å²) in [7, 11) is 0. The summed E-state index contributed by atoms with van der Waals surface area (Å²) in [6.45, 7) is 1.50. The van der Waals surface area contributed by atoms with Crippen molar-refractivity contribution in [1.29, 1.82) is 0 Å². The van der Waals surface area contributed by atoms with E-state index < -0.39 is 0 Å². The average Bonchev–Trinajstić information content (AvgIpc) is 3.26. The van der Waals surface area contributed by atoms with Crippen LogP contribution in [0.5, 0.6) is 0 Å². The summed E-state index contributed by atoms with van der Waals surface area (Å²) in [6.07, 6.45) is 2.37. The maximum atomic E-state index is 14.1. The fraction of sp³-hybridized carbons (Fsp3) is 0.167. The number of fused-ring (bicyclic) bond motifs is 2. The van der Waals surface area contributed by atoms with Gasteiger partial charge in [0.15, 0.2) is 0 Å². The van der Waals surface area contributed by atoms with Gasteiger partial charge in [-0.3, -0.25) is 5.10 Å². The number of aromatic nitrogens is 2. The highest BCUT2D eigenvalue weighted by Gasteiger charge is 2.27. The molecule has 3 aromatic carbocycles. The minimum absolute atomic E-state index is 0.277. The molecule has 1 atom stereocenters. The molecule has 1 unspecified atom stereocenters. The number of hydrogen-bond donors (Lipinski definition) is 3. The van der Waals surface area contributed by atoms with Crippen LogP contribution >= 0.6 is 0 Å². The van der Waals surface area contributed by atoms with Gasteiger partial charge in [-0.05, 0) is 42.3 Å². The van der Waals surface area contributed by atoms with Crippen molar-refractivity contribution in [1.82, 2.24) is 15.5 Å². The van der Waals surface area contributed by atoms with Gasteiger partial charge in [-0.15, -0.1) is 0 Å². The number of amides is 2. The van der Waals surface area contributed by atoms with Crippen molar-refractivity contribution in [3.63, 3.8) is 0 Å². The number of H-pyrrole nitrogens is 1. The Morgan fingerprint density at radius 3 is 2.87 bits per heavy atom. The molecule has 156 valence electrons. The Morgan fingerprint density at radius 2 is 2.00 bits per heavy atom. The second-order valence-electron chi connectivity index (χ2n) is 7.69. The normalized spacial score (nSPS) is 15.5. The second-order valence-corrected chi connectivity index (χ2v) is 7.69. The van der Waals surface area contributed by atoms with E-state index in [2.05, 4.69) is 37.9 Å². The zero-order chi connectivity index (χ0) is 21.2. The Kier molecular flexibility index (Phi) is 5.00. The SMILES string of the molecule is O=C(Nc1cccc2[nH]ncc12)NC1CCN(Cc2ccccc2)c2ccc(F)cc21. The lowest BCUT2D eigenvalue weighted by Crippen LogP contribution is -2.39. The number of nitrogens with one attached hydrogen (secondary N) is 3. The van der Waals surface area contributed by atoms with E-state index >= 15 is 0 Å². The number of urea groups is 1. The average molecular weight is 415 g/mol. The summed E-state index contributed by atoms with van der Waals surface area (Å²) in [5, 5.41) is 13.7. The van der Waals surface area contributed by atoms with Gasteiger partial charge in [-0.1, -0.05) is 36.4 Å². The van der Waals surface area contributed by atoms with Crippen molar-refractivity contribution in [3.05, 3.63) is 89.9 Å². The number of benzene rings is 3. The molecule has 5 rings (SSSR count). The van der Waals surface area contributed by atoms with E-state index in [4.69, 9.17) is 0 Å². The van der Waals surface area contributed by atoms with Crippen LogP contribution in [0.1, 0.15) is 23.6 Å². The van der Waals surface area contributed by atoms with Gasteiger partial charge in [0.25, 0.3) is 0 Å². The van der Waals surface area contributed by atoms with E-state index in [1.807, 2.05) is 36.4 Å². The molecular weight excluding hydrogens is 393 g/mol. The van der Waals surface area contributed by atoms with Crippen LogP contribution in [0.3, 0.4) is 0 Å². The van der Waals surface area contributed by atoms with E-state index in [0.717, 1.165) is 35.2 Å². The van der Waals surface area contributed by atoms with E-state index in [1.54, 1.807) is 12.3 Å². The van der Waals surface area contributed by atoms with Crippen molar-refractivity contribution in [3.8, 4) is 0 Å². The summed E-state index contributed by atoms with van der Waals surface area (Å²) >= 11 is 0. The Balaban J connectivity index is 1.35. The van der Waals surface area contributed by atoms with Crippen LogP contribution in [-0.4, -0.2) is 22.8 Å². The maximum Gasteiger partial charge on any atom is 0.319 e. The fourth-order valence-corrected chi connectivity index (χ4v) is 4.17. The second kappa shape index (κ2) is 8.10. The van der Waals surface area contributed by atoms with Crippen LogP contribution in [0.2, 0.25) is 0 Å². The van der Waals surface area contributed by atoms with Crippen LogP contribution in [0.15, 0.2) is 72.9 Å². The molecule has 0 saturated carbocycles. The van der Waals surface area contributed by atoms with Gasteiger partial charge >= 0.3 is 6.03 Å². The smallest absolute Gasteiger partial charge is 0.319 e. The van der Waals surface area contributed by atoms with Crippen LogP contribution in [0.4, 0.5) is 20.6 Å². The number of rotatable bonds is 4. The summed E-state index contributed by atoms with van der Waals surface area (Å²) in [5.74, 6) is -0.310. The number of aromatic amines is 1. The highest BCUT2D eigenvalue weighted by atomic mass is 19.1. The predicted octanol–water partition coefficient (Wildman–Crippen LogP) is 4.98. The topological polar surface area (TPSA) is 73.0 Å². The highest BCUT2D eigenvalue weighted by molar-refractivity contribution is 6.00. The third-order valence-electron chi connectivity index (χ3n) is 5.65. The third-order valence-corrected chi connectivity index (χ3v) is 5.65. The molecule has 0 aliphatic carbocycles. The molecule has 0 saturated heterocycles. The molecule has 4 aromatic rings. The lowest BCUT2D eigenvalue weighted by Gasteiger charge is -2.36. The van der Waals surface area contributed by atoms with Gasteiger partial charge in [0, 0.05) is 29.7 Å². The fourth-order valence-electron chi connectivity index (χ4n) is 4.17. The maximum absolute atomic E-state index is 14.1. The number of carbonyl (C=O) groups excluding carboxylic acids is 1. The Morgan fingerprint density at radius 1 is 1.13 bits per heavy atom. The molecule has 0 fully saturated rings. The first kappa shape index (κ1) is 19.1. The molecule has 1 aromatic heterocycles. The molecule has 1 aliphatic rings. The molecule has 1 aliphatic heterocycles. The minimum atomic E-state index is -0.328. The molecule has 0 radical (unpaired) electrons. The van der Waals surface area contributed by atoms with Gasteiger partial charge in [-0.25, -0.2) is 9.18 Å². The van der Waals surface area contributed by atoms with E-state index in [-0.39, 0.29) is 17.9 Å². The number of carbonyl (C=O) groups is 1. The third kappa shape index (κ3) is 3.94. The number of anilines is 2. The van der Waals surface area contributed by atoms with Crippen LogP contribution in [0.25, 0.3) is 10.9 Å². The van der Waals surface area contributed by atoms with Crippen LogP contribution in [0, 0.1) is 5.82 Å². The van der Waals surface area contributed by atoms with Gasteiger partial charge in [0.1, 0.15) is 5.82 Å². The quantitative estimate of drug-likeness (QED) is 0.440. The Hall–Kier alpha value is -3.87. The lowest BCUT2D eigenvalue weighted by atomic mass is 9.95. The minimum Gasteiger partial charge on any atom is -0.367 e. The molecule has 2 amide bonds. The Labute approximate surface area is 179 Å². The summed E-state index contributed by atoms with van der Waals surface area (Å²) in [6, 6.07) is 19.9.